The Labute approximate surface area is 173 Å². The van der Waals surface area contributed by atoms with Gasteiger partial charge in [-0.25, -0.2) is 9.78 Å². The monoisotopic (exact) mass is 405 g/mol. The third-order valence-corrected chi connectivity index (χ3v) is 4.82. The molecule has 1 fully saturated rings. The summed E-state index contributed by atoms with van der Waals surface area (Å²) in [6.45, 7) is 0. The SMILES string of the molecule is O=C(CCCc1nc2ccccc2c(=O)[nH]1)Nc1ccc(NC(=O)NC2CC2)cc1. The molecule has 1 aromatic heterocycles. The molecule has 0 aliphatic heterocycles. The molecule has 154 valence electrons. The molecule has 8 heteroatoms. The minimum absolute atomic E-state index is 0.120. The molecule has 0 radical (unpaired) electrons. The van der Waals surface area contributed by atoms with Crippen LogP contribution < -0.4 is 21.5 Å². The fourth-order valence-electron chi connectivity index (χ4n) is 3.11. The van der Waals surface area contributed by atoms with Crippen LogP contribution in [-0.4, -0.2) is 27.9 Å². The third-order valence-electron chi connectivity index (χ3n) is 4.82. The number of urea groups is 1. The van der Waals surface area contributed by atoms with Gasteiger partial charge in [0.15, 0.2) is 0 Å². The Morgan fingerprint density at radius 2 is 1.70 bits per heavy atom. The fraction of sp³-hybridized carbons (Fsp3) is 0.273. The first-order valence-electron chi connectivity index (χ1n) is 10.0. The molecule has 8 nitrogen and oxygen atoms in total. The molecule has 0 atom stereocenters. The second-order valence-corrected chi connectivity index (χ2v) is 7.38. The molecular weight excluding hydrogens is 382 g/mol. The predicted molar refractivity (Wildman–Crippen MR) is 116 cm³/mol. The number of carbonyl (C=O) groups is 2. The van der Waals surface area contributed by atoms with Gasteiger partial charge in [0, 0.05) is 30.3 Å². The Hall–Kier alpha value is -3.68. The van der Waals surface area contributed by atoms with Crippen LogP contribution in [0.4, 0.5) is 16.2 Å². The van der Waals surface area contributed by atoms with E-state index >= 15 is 0 Å². The summed E-state index contributed by atoms with van der Waals surface area (Å²) in [5.41, 5.74) is 1.81. The maximum atomic E-state index is 12.2. The van der Waals surface area contributed by atoms with Crippen LogP contribution in [-0.2, 0) is 11.2 Å². The topological polar surface area (TPSA) is 116 Å². The minimum Gasteiger partial charge on any atom is -0.335 e. The van der Waals surface area contributed by atoms with E-state index in [2.05, 4.69) is 25.9 Å². The number of aromatic amines is 1. The summed E-state index contributed by atoms with van der Waals surface area (Å²) >= 11 is 0. The van der Waals surface area contributed by atoms with Gasteiger partial charge in [-0.3, -0.25) is 9.59 Å². The summed E-state index contributed by atoms with van der Waals surface area (Å²) < 4.78 is 0. The third kappa shape index (κ3) is 5.22. The molecule has 1 heterocycles. The van der Waals surface area contributed by atoms with Gasteiger partial charge in [-0.15, -0.1) is 0 Å². The summed E-state index contributed by atoms with van der Waals surface area (Å²) in [5, 5.41) is 9.01. The van der Waals surface area contributed by atoms with Crippen LogP contribution in [0.25, 0.3) is 10.9 Å². The van der Waals surface area contributed by atoms with E-state index in [1.165, 1.54) is 0 Å². The van der Waals surface area contributed by atoms with E-state index in [4.69, 9.17) is 0 Å². The van der Waals surface area contributed by atoms with Crippen molar-refractivity contribution in [3.63, 3.8) is 0 Å². The number of aryl methyl sites for hydroxylation is 1. The molecule has 4 rings (SSSR count). The summed E-state index contributed by atoms with van der Waals surface area (Å²) in [6, 6.07) is 14.2. The predicted octanol–water partition coefficient (Wildman–Crippen LogP) is 3.17. The molecule has 4 N–H and O–H groups in total. The van der Waals surface area contributed by atoms with E-state index < -0.39 is 0 Å². The second kappa shape index (κ2) is 8.77. The number of H-pyrrole nitrogens is 1. The highest BCUT2D eigenvalue weighted by Gasteiger charge is 2.23. The first-order chi connectivity index (χ1) is 14.6. The molecule has 1 aliphatic rings. The zero-order valence-corrected chi connectivity index (χ0v) is 16.4. The quantitative estimate of drug-likeness (QED) is 0.483. The number of hydrogen-bond donors (Lipinski definition) is 4. The lowest BCUT2D eigenvalue weighted by atomic mass is 10.2. The number of nitrogens with one attached hydrogen (secondary N) is 4. The molecule has 0 bridgehead atoms. The number of fused-ring (bicyclic) bond motifs is 1. The van der Waals surface area contributed by atoms with Crippen molar-refractivity contribution >= 4 is 34.2 Å². The molecule has 30 heavy (non-hydrogen) atoms. The lowest BCUT2D eigenvalue weighted by Crippen LogP contribution is -2.30. The Kier molecular flexibility index (Phi) is 5.74. The van der Waals surface area contributed by atoms with E-state index in [9.17, 15) is 14.4 Å². The van der Waals surface area contributed by atoms with Crippen LogP contribution in [0.1, 0.15) is 31.5 Å². The van der Waals surface area contributed by atoms with Crippen molar-refractivity contribution in [1.29, 1.82) is 0 Å². The van der Waals surface area contributed by atoms with Gasteiger partial charge in [-0.2, -0.15) is 0 Å². The van der Waals surface area contributed by atoms with Gasteiger partial charge < -0.3 is 20.9 Å². The molecule has 1 saturated carbocycles. The van der Waals surface area contributed by atoms with Crippen molar-refractivity contribution in [2.24, 2.45) is 0 Å². The highest BCUT2D eigenvalue weighted by Crippen LogP contribution is 2.19. The number of anilines is 2. The molecular formula is C22H23N5O3. The molecule has 0 saturated heterocycles. The van der Waals surface area contributed by atoms with Crippen LogP contribution >= 0.6 is 0 Å². The summed E-state index contributed by atoms with van der Waals surface area (Å²) in [5.74, 6) is 0.455. The number of benzene rings is 2. The largest absolute Gasteiger partial charge is 0.335 e. The van der Waals surface area contributed by atoms with Gasteiger partial charge in [0.1, 0.15) is 5.82 Å². The number of aromatic nitrogens is 2. The maximum Gasteiger partial charge on any atom is 0.319 e. The number of rotatable bonds is 7. The standard InChI is InChI=1S/C22H23N5O3/c28-20(7-3-6-19-26-18-5-2-1-4-17(18)21(29)27-19)23-14-8-10-15(11-9-14)24-22(30)25-16-12-13-16/h1-2,4-5,8-11,16H,3,6-7,12-13H2,(H,23,28)(H2,24,25,30)(H,26,27,29). The first kappa shape index (κ1) is 19.6. The van der Waals surface area contributed by atoms with E-state index in [0.717, 1.165) is 12.8 Å². The average molecular weight is 405 g/mol. The van der Waals surface area contributed by atoms with Crippen molar-refractivity contribution in [3.05, 3.63) is 64.7 Å². The zero-order valence-electron chi connectivity index (χ0n) is 16.4. The van der Waals surface area contributed by atoms with E-state index in [-0.39, 0.29) is 17.5 Å². The molecule has 1 aliphatic carbocycles. The summed E-state index contributed by atoms with van der Waals surface area (Å²) in [6.07, 6.45) is 3.44. The van der Waals surface area contributed by atoms with E-state index in [1.807, 2.05) is 6.07 Å². The Morgan fingerprint density at radius 3 is 2.43 bits per heavy atom. The highest BCUT2D eigenvalue weighted by atomic mass is 16.2. The van der Waals surface area contributed by atoms with Gasteiger partial charge in [-0.1, -0.05) is 12.1 Å². The smallest absolute Gasteiger partial charge is 0.319 e. The van der Waals surface area contributed by atoms with Crippen LogP contribution in [0, 0.1) is 0 Å². The molecule has 2 aromatic carbocycles. The van der Waals surface area contributed by atoms with Crippen molar-refractivity contribution in [2.45, 2.75) is 38.1 Å². The normalized spacial score (nSPS) is 13.1. The lowest BCUT2D eigenvalue weighted by molar-refractivity contribution is -0.116. The van der Waals surface area contributed by atoms with Gasteiger partial charge in [-0.05, 0) is 55.7 Å². The number of carbonyl (C=O) groups excluding carboxylic acids is 2. The number of hydrogen-bond acceptors (Lipinski definition) is 4. The van der Waals surface area contributed by atoms with E-state index in [1.54, 1.807) is 42.5 Å². The van der Waals surface area contributed by atoms with Gasteiger partial charge >= 0.3 is 6.03 Å². The lowest BCUT2D eigenvalue weighted by Gasteiger charge is -2.09. The Bertz CT molecular complexity index is 1120. The van der Waals surface area contributed by atoms with Gasteiger partial charge in [0.25, 0.3) is 5.56 Å². The second-order valence-electron chi connectivity index (χ2n) is 7.38. The van der Waals surface area contributed by atoms with Crippen molar-refractivity contribution in [2.75, 3.05) is 10.6 Å². The Morgan fingerprint density at radius 1 is 1.00 bits per heavy atom. The van der Waals surface area contributed by atoms with Crippen LogP contribution in [0.3, 0.4) is 0 Å². The molecule has 3 aromatic rings. The van der Waals surface area contributed by atoms with Crippen LogP contribution in [0.15, 0.2) is 53.3 Å². The van der Waals surface area contributed by atoms with Crippen LogP contribution in [0.5, 0.6) is 0 Å². The molecule has 0 spiro atoms. The Balaban J connectivity index is 1.24. The molecule has 3 amide bonds. The van der Waals surface area contributed by atoms with Crippen molar-refractivity contribution in [3.8, 4) is 0 Å². The first-order valence-corrected chi connectivity index (χ1v) is 10.0. The number of para-hydroxylation sites is 1. The summed E-state index contributed by atoms with van der Waals surface area (Å²) in [7, 11) is 0. The van der Waals surface area contributed by atoms with Crippen LogP contribution in [0.2, 0.25) is 0 Å². The van der Waals surface area contributed by atoms with Gasteiger partial charge in [0.2, 0.25) is 5.91 Å². The fourth-order valence-corrected chi connectivity index (χ4v) is 3.11. The van der Waals surface area contributed by atoms with Crippen molar-refractivity contribution < 1.29 is 9.59 Å². The minimum atomic E-state index is -0.213. The van der Waals surface area contributed by atoms with E-state index in [0.29, 0.717) is 53.4 Å². The highest BCUT2D eigenvalue weighted by molar-refractivity contribution is 5.92. The number of amides is 3. The van der Waals surface area contributed by atoms with Gasteiger partial charge in [0.05, 0.1) is 10.9 Å². The average Bonchev–Trinajstić information content (AvgIpc) is 3.53. The zero-order chi connectivity index (χ0) is 20.9. The maximum absolute atomic E-state index is 12.2. The summed E-state index contributed by atoms with van der Waals surface area (Å²) in [4.78, 5) is 43.2. The van der Waals surface area contributed by atoms with Crippen molar-refractivity contribution in [1.82, 2.24) is 15.3 Å². The number of nitrogens with zero attached hydrogens (tertiary/aromatic N) is 1. The molecule has 0 unspecified atom stereocenters.